The number of nitrogens with two attached hydrogens (primary N) is 1. The highest BCUT2D eigenvalue weighted by molar-refractivity contribution is 6.31. The zero-order valence-electron chi connectivity index (χ0n) is 10.9. The van der Waals surface area contributed by atoms with E-state index in [1.165, 1.54) is 11.6 Å². The molecule has 0 aliphatic heterocycles. The Morgan fingerprint density at radius 3 is 3.00 bits per heavy atom. The first-order valence-electron chi connectivity index (χ1n) is 6.67. The van der Waals surface area contributed by atoms with Crippen molar-refractivity contribution in [2.24, 2.45) is 11.7 Å². The minimum atomic E-state index is -0.431. The summed E-state index contributed by atoms with van der Waals surface area (Å²) in [4.78, 5) is 8.96. The quantitative estimate of drug-likeness (QED) is 0.925. The third kappa shape index (κ3) is 2.53. The van der Waals surface area contributed by atoms with Crippen molar-refractivity contribution >= 4 is 11.6 Å². The van der Waals surface area contributed by atoms with Crippen molar-refractivity contribution in [3.05, 3.63) is 46.5 Å². The molecule has 0 saturated carbocycles. The van der Waals surface area contributed by atoms with E-state index in [4.69, 9.17) is 17.3 Å². The lowest BCUT2D eigenvalue weighted by Gasteiger charge is -2.22. The van der Waals surface area contributed by atoms with Crippen LogP contribution < -0.4 is 5.73 Å². The van der Waals surface area contributed by atoms with E-state index in [2.05, 4.69) is 9.97 Å². The van der Waals surface area contributed by atoms with Crippen molar-refractivity contribution in [3.63, 3.8) is 0 Å². The normalized spacial score (nSPS) is 17.9. The number of benzene rings is 1. The lowest BCUT2D eigenvalue weighted by Crippen LogP contribution is -2.23. The van der Waals surface area contributed by atoms with Crippen molar-refractivity contribution in [3.8, 4) is 11.4 Å². The van der Waals surface area contributed by atoms with Crippen molar-refractivity contribution in [1.82, 2.24) is 9.97 Å². The molecule has 2 N–H and O–H groups in total. The van der Waals surface area contributed by atoms with Gasteiger partial charge in [-0.05, 0) is 55.5 Å². The van der Waals surface area contributed by atoms with Crippen LogP contribution in [0.4, 0.5) is 4.39 Å². The molecule has 1 unspecified atom stereocenters. The molecule has 3 nitrogen and oxygen atoms in total. The number of halogens is 2. The molecule has 1 aromatic carbocycles. The van der Waals surface area contributed by atoms with Crippen LogP contribution in [-0.2, 0) is 12.8 Å². The van der Waals surface area contributed by atoms with Gasteiger partial charge in [0.25, 0.3) is 0 Å². The molecule has 0 spiro atoms. The first-order chi connectivity index (χ1) is 9.67. The molecule has 1 atom stereocenters. The van der Waals surface area contributed by atoms with Crippen LogP contribution in [0, 0.1) is 11.7 Å². The van der Waals surface area contributed by atoms with Gasteiger partial charge in [-0.2, -0.15) is 0 Å². The minimum absolute atomic E-state index is 0.0898. The fraction of sp³-hybridized carbons (Fsp3) is 0.333. The second kappa shape index (κ2) is 5.46. The van der Waals surface area contributed by atoms with E-state index in [0.717, 1.165) is 30.5 Å². The third-order valence-electron chi connectivity index (χ3n) is 3.76. The van der Waals surface area contributed by atoms with Crippen LogP contribution in [0.2, 0.25) is 5.02 Å². The fourth-order valence-electron chi connectivity index (χ4n) is 2.56. The molecule has 0 bridgehead atoms. The monoisotopic (exact) mass is 291 g/mol. The van der Waals surface area contributed by atoms with E-state index < -0.39 is 5.82 Å². The highest BCUT2D eigenvalue weighted by Crippen LogP contribution is 2.27. The Kier molecular flexibility index (Phi) is 3.68. The average Bonchev–Trinajstić information content (AvgIpc) is 2.49. The average molecular weight is 292 g/mol. The molecule has 20 heavy (non-hydrogen) atoms. The summed E-state index contributed by atoms with van der Waals surface area (Å²) in [7, 11) is 0. The summed E-state index contributed by atoms with van der Waals surface area (Å²) in [6.07, 6.45) is 4.78. The van der Waals surface area contributed by atoms with Crippen LogP contribution in [0.15, 0.2) is 24.4 Å². The first-order valence-corrected chi connectivity index (χ1v) is 7.05. The number of rotatable bonds is 2. The van der Waals surface area contributed by atoms with Gasteiger partial charge in [-0.1, -0.05) is 11.6 Å². The number of fused-ring (bicyclic) bond motifs is 1. The van der Waals surface area contributed by atoms with Crippen molar-refractivity contribution in [1.29, 1.82) is 0 Å². The lowest BCUT2D eigenvalue weighted by molar-refractivity contribution is 0.462. The zero-order valence-corrected chi connectivity index (χ0v) is 11.7. The summed E-state index contributed by atoms with van der Waals surface area (Å²) in [6.45, 7) is 0.703. The summed E-state index contributed by atoms with van der Waals surface area (Å²) in [6, 6.07) is 4.55. The molecule has 0 fully saturated rings. The van der Waals surface area contributed by atoms with E-state index in [-0.39, 0.29) is 5.02 Å². The summed E-state index contributed by atoms with van der Waals surface area (Å²) < 4.78 is 13.2. The van der Waals surface area contributed by atoms with Gasteiger partial charge in [-0.25, -0.2) is 14.4 Å². The number of hydrogen-bond donors (Lipinski definition) is 1. The molecule has 5 heteroatoms. The summed E-state index contributed by atoms with van der Waals surface area (Å²) in [5, 5.41) is 0.0898. The van der Waals surface area contributed by atoms with E-state index in [0.29, 0.717) is 18.3 Å². The van der Waals surface area contributed by atoms with E-state index in [1.807, 2.05) is 6.20 Å². The molecular formula is C15H15ClFN3. The highest BCUT2D eigenvalue weighted by Gasteiger charge is 2.19. The summed E-state index contributed by atoms with van der Waals surface area (Å²) in [5.74, 6) is 0.688. The maximum atomic E-state index is 13.2. The van der Waals surface area contributed by atoms with Gasteiger partial charge in [0.2, 0.25) is 0 Å². The van der Waals surface area contributed by atoms with Crippen LogP contribution in [0.1, 0.15) is 17.7 Å². The number of hydrogen-bond acceptors (Lipinski definition) is 3. The molecular weight excluding hydrogens is 277 g/mol. The predicted octanol–water partition coefficient (Wildman–Crippen LogP) is 3.00. The van der Waals surface area contributed by atoms with E-state index in [9.17, 15) is 4.39 Å². The first kappa shape index (κ1) is 13.5. The summed E-state index contributed by atoms with van der Waals surface area (Å²) >= 11 is 5.80. The van der Waals surface area contributed by atoms with Crippen LogP contribution in [0.25, 0.3) is 11.4 Å². The summed E-state index contributed by atoms with van der Waals surface area (Å²) in [5.41, 5.74) is 8.70. The van der Waals surface area contributed by atoms with Crippen molar-refractivity contribution < 1.29 is 4.39 Å². The minimum Gasteiger partial charge on any atom is -0.330 e. The van der Waals surface area contributed by atoms with Crippen LogP contribution in [0.3, 0.4) is 0 Å². The molecule has 1 aliphatic carbocycles. The molecule has 1 aliphatic rings. The molecule has 104 valence electrons. The Bertz CT molecular complexity index is 645. The Hall–Kier alpha value is -1.52. The van der Waals surface area contributed by atoms with Gasteiger partial charge in [0.1, 0.15) is 5.82 Å². The van der Waals surface area contributed by atoms with Gasteiger partial charge < -0.3 is 5.73 Å². The fourth-order valence-corrected chi connectivity index (χ4v) is 2.74. The van der Waals surface area contributed by atoms with Gasteiger partial charge >= 0.3 is 0 Å². The maximum absolute atomic E-state index is 13.2. The second-order valence-corrected chi connectivity index (χ2v) is 5.55. The standard InChI is InChI=1S/C15H15ClFN3/c16-12-6-10(2-3-13(12)17)15-19-8-11-5-9(7-18)1-4-14(11)20-15/h2-3,6,8-9H,1,4-5,7,18H2. The maximum Gasteiger partial charge on any atom is 0.159 e. The Morgan fingerprint density at radius 2 is 2.25 bits per heavy atom. The number of nitrogens with zero attached hydrogens (tertiary/aromatic N) is 2. The Labute approximate surface area is 122 Å². The number of aromatic nitrogens is 2. The molecule has 2 aromatic rings. The topological polar surface area (TPSA) is 51.8 Å². The second-order valence-electron chi connectivity index (χ2n) is 5.14. The predicted molar refractivity (Wildman–Crippen MR) is 77.0 cm³/mol. The van der Waals surface area contributed by atoms with Crippen LogP contribution in [-0.4, -0.2) is 16.5 Å². The van der Waals surface area contributed by atoms with E-state index in [1.54, 1.807) is 12.1 Å². The zero-order chi connectivity index (χ0) is 14.1. The van der Waals surface area contributed by atoms with Gasteiger partial charge in [0, 0.05) is 17.5 Å². The smallest absolute Gasteiger partial charge is 0.159 e. The van der Waals surface area contributed by atoms with Crippen molar-refractivity contribution in [2.45, 2.75) is 19.3 Å². The van der Waals surface area contributed by atoms with Gasteiger partial charge in [0.05, 0.1) is 5.02 Å². The Morgan fingerprint density at radius 1 is 1.40 bits per heavy atom. The highest BCUT2D eigenvalue weighted by atomic mass is 35.5. The Balaban J connectivity index is 1.94. The molecule has 0 radical (unpaired) electrons. The third-order valence-corrected chi connectivity index (χ3v) is 4.05. The molecule has 1 aromatic heterocycles. The van der Waals surface area contributed by atoms with Gasteiger partial charge in [-0.3, -0.25) is 0 Å². The van der Waals surface area contributed by atoms with Crippen LogP contribution in [0.5, 0.6) is 0 Å². The van der Waals surface area contributed by atoms with Crippen LogP contribution >= 0.6 is 11.6 Å². The van der Waals surface area contributed by atoms with E-state index >= 15 is 0 Å². The van der Waals surface area contributed by atoms with Gasteiger partial charge in [0.15, 0.2) is 5.82 Å². The molecule has 3 rings (SSSR count). The number of aryl methyl sites for hydroxylation is 1. The van der Waals surface area contributed by atoms with Gasteiger partial charge in [-0.15, -0.1) is 0 Å². The molecule has 1 heterocycles. The lowest BCUT2D eigenvalue weighted by atomic mass is 9.87. The molecule has 0 amide bonds. The van der Waals surface area contributed by atoms with Crippen molar-refractivity contribution in [2.75, 3.05) is 6.54 Å². The SMILES string of the molecule is NCC1CCc2nc(-c3ccc(F)c(Cl)c3)ncc2C1. The molecule has 0 saturated heterocycles. The largest absolute Gasteiger partial charge is 0.330 e.